The van der Waals surface area contributed by atoms with Gasteiger partial charge < -0.3 is 4.90 Å². The van der Waals surface area contributed by atoms with Gasteiger partial charge >= 0.3 is 0 Å². The van der Waals surface area contributed by atoms with Gasteiger partial charge in [-0.05, 0) is 19.1 Å². The second-order valence-electron chi connectivity index (χ2n) is 2.10. The van der Waals surface area contributed by atoms with E-state index in [-0.39, 0.29) is 0 Å². The van der Waals surface area contributed by atoms with Crippen molar-refractivity contribution in [3.8, 4) is 0 Å². The topological polar surface area (TPSA) is 33.2 Å². The zero-order valence-electron chi connectivity index (χ0n) is 6.40. The SMILES string of the molecule is CCN(C=O)c1ccncc1. The highest BCUT2D eigenvalue weighted by Gasteiger charge is 1.98. The van der Waals surface area contributed by atoms with Crippen molar-refractivity contribution in [2.75, 3.05) is 11.4 Å². The summed E-state index contributed by atoms with van der Waals surface area (Å²) < 4.78 is 0. The van der Waals surface area contributed by atoms with Crippen molar-refractivity contribution in [2.24, 2.45) is 0 Å². The summed E-state index contributed by atoms with van der Waals surface area (Å²) in [5.41, 5.74) is 0.887. The second-order valence-corrected chi connectivity index (χ2v) is 2.10. The minimum atomic E-state index is 0.688. The Morgan fingerprint density at radius 2 is 2.18 bits per heavy atom. The van der Waals surface area contributed by atoms with E-state index in [1.54, 1.807) is 29.4 Å². The Labute approximate surface area is 65.7 Å². The number of pyridine rings is 1. The summed E-state index contributed by atoms with van der Waals surface area (Å²) in [6.07, 6.45) is 4.15. The van der Waals surface area contributed by atoms with Crippen LogP contribution in [0.1, 0.15) is 6.92 Å². The Kier molecular flexibility index (Phi) is 2.60. The summed E-state index contributed by atoms with van der Waals surface area (Å²) in [6, 6.07) is 3.61. The van der Waals surface area contributed by atoms with E-state index in [9.17, 15) is 4.79 Å². The molecule has 58 valence electrons. The summed E-state index contributed by atoms with van der Waals surface area (Å²) in [6.45, 7) is 2.61. The number of amides is 1. The molecule has 0 N–H and O–H groups in total. The Balaban J connectivity index is 2.82. The van der Waals surface area contributed by atoms with Gasteiger partial charge in [0.05, 0.1) is 0 Å². The first-order valence-electron chi connectivity index (χ1n) is 3.50. The van der Waals surface area contributed by atoms with Crippen molar-refractivity contribution < 1.29 is 4.79 Å². The van der Waals surface area contributed by atoms with Crippen LogP contribution >= 0.6 is 0 Å². The lowest BCUT2D eigenvalue weighted by Gasteiger charge is -2.13. The van der Waals surface area contributed by atoms with Crippen LogP contribution in [0, 0.1) is 0 Å². The quantitative estimate of drug-likeness (QED) is 0.604. The van der Waals surface area contributed by atoms with Gasteiger partial charge in [-0.2, -0.15) is 0 Å². The molecule has 0 bridgehead atoms. The summed E-state index contributed by atoms with van der Waals surface area (Å²) in [5.74, 6) is 0. The van der Waals surface area contributed by atoms with Gasteiger partial charge in [-0.15, -0.1) is 0 Å². The molecule has 1 amide bonds. The number of hydrogen-bond donors (Lipinski definition) is 0. The molecule has 0 fully saturated rings. The van der Waals surface area contributed by atoms with Gasteiger partial charge in [-0.25, -0.2) is 0 Å². The van der Waals surface area contributed by atoms with Gasteiger partial charge in [-0.3, -0.25) is 9.78 Å². The number of hydrogen-bond acceptors (Lipinski definition) is 2. The number of rotatable bonds is 3. The minimum absolute atomic E-state index is 0.688. The fraction of sp³-hybridized carbons (Fsp3) is 0.250. The van der Waals surface area contributed by atoms with Crippen LogP contribution in [-0.2, 0) is 4.79 Å². The maximum atomic E-state index is 10.4. The summed E-state index contributed by atoms with van der Waals surface area (Å²) in [5, 5.41) is 0. The van der Waals surface area contributed by atoms with E-state index in [1.165, 1.54) is 0 Å². The van der Waals surface area contributed by atoms with Crippen molar-refractivity contribution in [1.82, 2.24) is 4.98 Å². The average Bonchev–Trinajstić information content (AvgIpc) is 2.09. The molecule has 0 saturated heterocycles. The van der Waals surface area contributed by atoms with Crippen LogP contribution in [0.3, 0.4) is 0 Å². The minimum Gasteiger partial charge on any atom is -0.315 e. The van der Waals surface area contributed by atoms with E-state index < -0.39 is 0 Å². The monoisotopic (exact) mass is 150 g/mol. The normalized spacial score (nSPS) is 9.18. The molecule has 0 aliphatic rings. The Bertz CT molecular complexity index is 223. The van der Waals surface area contributed by atoms with Crippen LogP contribution in [-0.4, -0.2) is 17.9 Å². The third kappa shape index (κ3) is 1.77. The lowest BCUT2D eigenvalue weighted by molar-refractivity contribution is -0.107. The number of aromatic nitrogens is 1. The van der Waals surface area contributed by atoms with Crippen molar-refractivity contribution >= 4 is 12.1 Å². The van der Waals surface area contributed by atoms with E-state index in [2.05, 4.69) is 4.98 Å². The first-order chi connectivity index (χ1) is 5.38. The zero-order chi connectivity index (χ0) is 8.10. The van der Waals surface area contributed by atoms with Gasteiger partial charge in [0.15, 0.2) is 0 Å². The van der Waals surface area contributed by atoms with E-state index >= 15 is 0 Å². The number of anilines is 1. The maximum absolute atomic E-state index is 10.4. The molecule has 1 aromatic heterocycles. The van der Waals surface area contributed by atoms with E-state index in [1.807, 2.05) is 6.92 Å². The molecule has 0 spiro atoms. The highest BCUT2D eigenvalue weighted by Crippen LogP contribution is 2.08. The van der Waals surface area contributed by atoms with Crippen molar-refractivity contribution in [3.05, 3.63) is 24.5 Å². The molecule has 0 aliphatic carbocycles. The van der Waals surface area contributed by atoms with Crippen LogP contribution in [0.5, 0.6) is 0 Å². The van der Waals surface area contributed by atoms with Crippen molar-refractivity contribution in [3.63, 3.8) is 0 Å². The molecule has 1 rings (SSSR count). The Hall–Kier alpha value is -1.38. The summed E-state index contributed by atoms with van der Waals surface area (Å²) >= 11 is 0. The molecule has 0 aliphatic heterocycles. The standard InChI is InChI=1S/C8H10N2O/c1-2-10(7-11)8-3-5-9-6-4-8/h3-7H,2H2,1H3. The molecule has 3 heteroatoms. The Morgan fingerprint density at radius 1 is 1.55 bits per heavy atom. The molecular formula is C8H10N2O. The molecule has 0 atom stereocenters. The first kappa shape index (κ1) is 7.72. The number of nitrogens with zero attached hydrogens (tertiary/aromatic N) is 2. The third-order valence-corrected chi connectivity index (χ3v) is 1.46. The molecule has 0 aromatic carbocycles. The second kappa shape index (κ2) is 3.71. The predicted molar refractivity (Wildman–Crippen MR) is 43.3 cm³/mol. The molecule has 0 radical (unpaired) electrons. The van der Waals surface area contributed by atoms with Gasteiger partial charge in [-0.1, -0.05) is 0 Å². The highest BCUT2D eigenvalue weighted by atomic mass is 16.1. The fourth-order valence-electron chi connectivity index (χ4n) is 0.853. The highest BCUT2D eigenvalue weighted by molar-refractivity contribution is 5.74. The molecular weight excluding hydrogens is 140 g/mol. The molecule has 1 aromatic rings. The van der Waals surface area contributed by atoms with Gasteiger partial charge in [0, 0.05) is 24.6 Å². The molecule has 0 unspecified atom stereocenters. The summed E-state index contributed by atoms with van der Waals surface area (Å²) in [4.78, 5) is 15.9. The molecule has 11 heavy (non-hydrogen) atoms. The molecule has 3 nitrogen and oxygen atoms in total. The summed E-state index contributed by atoms with van der Waals surface area (Å²) in [7, 11) is 0. The van der Waals surface area contributed by atoms with Crippen LogP contribution in [0.25, 0.3) is 0 Å². The number of carbonyl (C=O) groups is 1. The van der Waals surface area contributed by atoms with E-state index in [0.717, 1.165) is 12.1 Å². The lowest BCUT2D eigenvalue weighted by atomic mass is 10.4. The molecule has 1 heterocycles. The van der Waals surface area contributed by atoms with Crippen LogP contribution in [0.15, 0.2) is 24.5 Å². The van der Waals surface area contributed by atoms with Crippen molar-refractivity contribution in [1.29, 1.82) is 0 Å². The predicted octanol–water partition coefficient (Wildman–Crippen LogP) is 1.06. The van der Waals surface area contributed by atoms with Gasteiger partial charge in [0.1, 0.15) is 0 Å². The van der Waals surface area contributed by atoms with Crippen LogP contribution in [0.4, 0.5) is 5.69 Å². The van der Waals surface area contributed by atoms with Crippen LogP contribution < -0.4 is 4.90 Å². The number of carbonyl (C=O) groups excluding carboxylic acids is 1. The van der Waals surface area contributed by atoms with Gasteiger partial charge in [0.25, 0.3) is 0 Å². The van der Waals surface area contributed by atoms with Gasteiger partial charge in [0.2, 0.25) is 6.41 Å². The fourth-order valence-corrected chi connectivity index (χ4v) is 0.853. The molecule has 0 saturated carbocycles. The van der Waals surface area contributed by atoms with Crippen LogP contribution in [0.2, 0.25) is 0 Å². The average molecular weight is 150 g/mol. The maximum Gasteiger partial charge on any atom is 0.214 e. The first-order valence-corrected chi connectivity index (χ1v) is 3.50. The largest absolute Gasteiger partial charge is 0.315 e. The smallest absolute Gasteiger partial charge is 0.214 e. The van der Waals surface area contributed by atoms with Crippen molar-refractivity contribution in [2.45, 2.75) is 6.92 Å². The van der Waals surface area contributed by atoms with E-state index in [4.69, 9.17) is 0 Å². The zero-order valence-corrected chi connectivity index (χ0v) is 6.40. The lowest BCUT2D eigenvalue weighted by Crippen LogP contribution is -2.19. The third-order valence-electron chi connectivity index (χ3n) is 1.46. The Morgan fingerprint density at radius 3 is 2.64 bits per heavy atom. The van der Waals surface area contributed by atoms with E-state index in [0.29, 0.717) is 6.54 Å².